The van der Waals surface area contributed by atoms with E-state index in [0.717, 1.165) is 36.6 Å². The molecule has 0 bridgehead atoms. The van der Waals surface area contributed by atoms with Crippen LogP contribution in [-0.4, -0.2) is 52.4 Å². The summed E-state index contributed by atoms with van der Waals surface area (Å²) in [5.74, 6) is 0.953. The van der Waals surface area contributed by atoms with Gasteiger partial charge in [-0.05, 0) is 31.0 Å². The Labute approximate surface area is 118 Å². The number of hydrogen-bond acceptors (Lipinski definition) is 4. The summed E-state index contributed by atoms with van der Waals surface area (Å²) in [4.78, 5) is 10.3. The summed E-state index contributed by atoms with van der Waals surface area (Å²) in [5.41, 5.74) is 4.62. The second-order valence-corrected chi connectivity index (χ2v) is 5.47. The lowest BCUT2D eigenvalue weighted by Crippen LogP contribution is -2.47. The van der Waals surface area contributed by atoms with Crippen LogP contribution in [0.1, 0.15) is 17.0 Å². The highest BCUT2D eigenvalue weighted by Gasteiger charge is 2.23. The third kappa shape index (κ3) is 2.44. The van der Waals surface area contributed by atoms with E-state index in [0.29, 0.717) is 6.61 Å². The Hall–Kier alpha value is -1.43. The molecule has 3 rings (SSSR count). The second kappa shape index (κ2) is 5.52. The van der Waals surface area contributed by atoms with Crippen LogP contribution >= 0.6 is 0 Å². The lowest BCUT2D eigenvalue weighted by Gasteiger charge is -2.33. The first-order chi connectivity index (χ1) is 9.69. The number of imidazole rings is 1. The van der Waals surface area contributed by atoms with E-state index in [1.54, 1.807) is 0 Å². The average molecular weight is 275 g/mol. The monoisotopic (exact) mass is 275 g/mol. The minimum Gasteiger partial charge on any atom is -0.395 e. The molecule has 1 saturated heterocycles. The normalized spacial score (nSPS) is 20.6. The summed E-state index contributed by atoms with van der Waals surface area (Å²) >= 11 is 0. The molecule has 2 N–H and O–H groups in total. The highest BCUT2D eigenvalue weighted by molar-refractivity contribution is 5.79. The Kier molecular flexibility index (Phi) is 3.74. The molecule has 0 unspecified atom stereocenters. The summed E-state index contributed by atoms with van der Waals surface area (Å²) in [6.45, 7) is 7.20. The molecule has 1 aromatic carbocycles. The highest BCUT2D eigenvalue weighted by Crippen LogP contribution is 2.20. The molecule has 0 radical (unpaired) electrons. The SMILES string of the molecule is Cc1ccc2[nH]c(CN3CCOC[C@H]3CO)nc2c1C. The molecule has 1 aromatic heterocycles. The number of morpholine rings is 1. The van der Waals surface area contributed by atoms with Gasteiger partial charge in [0, 0.05) is 6.54 Å². The van der Waals surface area contributed by atoms with E-state index in [4.69, 9.17) is 9.72 Å². The van der Waals surface area contributed by atoms with Crippen molar-refractivity contribution in [3.63, 3.8) is 0 Å². The number of rotatable bonds is 3. The van der Waals surface area contributed by atoms with Gasteiger partial charge in [-0.25, -0.2) is 4.98 Å². The molecule has 5 heteroatoms. The topological polar surface area (TPSA) is 61.4 Å². The van der Waals surface area contributed by atoms with Gasteiger partial charge in [0.15, 0.2) is 0 Å². The van der Waals surface area contributed by atoms with Crippen LogP contribution in [0.2, 0.25) is 0 Å². The summed E-state index contributed by atoms with van der Waals surface area (Å²) < 4.78 is 5.40. The number of H-pyrrole nitrogens is 1. The number of benzene rings is 1. The fourth-order valence-electron chi connectivity index (χ4n) is 2.70. The van der Waals surface area contributed by atoms with Gasteiger partial charge in [-0.2, -0.15) is 0 Å². The van der Waals surface area contributed by atoms with E-state index >= 15 is 0 Å². The van der Waals surface area contributed by atoms with Crippen molar-refractivity contribution in [2.45, 2.75) is 26.4 Å². The predicted octanol–water partition coefficient (Wildman–Crippen LogP) is 1.37. The van der Waals surface area contributed by atoms with E-state index in [9.17, 15) is 5.11 Å². The van der Waals surface area contributed by atoms with E-state index < -0.39 is 0 Å². The molecule has 2 aromatic rings. The smallest absolute Gasteiger partial charge is 0.121 e. The maximum absolute atomic E-state index is 9.41. The van der Waals surface area contributed by atoms with Gasteiger partial charge in [-0.3, -0.25) is 4.90 Å². The van der Waals surface area contributed by atoms with Gasteiger partial charge in [0.05, 0.1) is 43.4 Å². The zero-order chi connectivity index (χ0) is 14.1. The van der Waals surface area contributed by atoms with Gasteiger partial charge in [-0.1, -0.05) is 6.07 Å². The van der Waals surface area contributed by atoms with Crippen molar-refractivity contribution in [1.82, 2.24) is 14.9 Å². The number of nitrogens with one attached hydrogen (secondary N) is 1. The molecule has 2 heterocycles. The van der Waals surface area contributed by atoms with Crippen molar-refractivity contribution in [3.05, 3.63) is 29.1 Å². The molecule has 0 spiro atoms. The molecular weight excluding hydrogens is 254 g/mol. The molecule has 1 aliphatic rings. The fraction of sp³-hybridized carbons (Fsp3) is 0.533. The average Bonchev–Trinajstić information content (AvgIpc) is 2.87. The number of aliphatic hydroxyl groups is 1. The number of aryl methyl sites for hydroxylation is 2. The second-order valence-electron chi connectivity index (χ2n) is 5.47. The third-order valence-electron chi connectivity index (χ3n) is 4.14. The van der Waals surface area contributed by atoms with Gasteiger partial charge in [0.1, 0.15) is 5.82 Å². The first-order valence-electron chi connectivity index (χ1n) is 7.06. The molecule has 1 fully saturated rings. The zero-order valence-corrected chi connectivity index (χ0v) is 12.0. The number of fused-ring (bicyclic) bond motifs is 1. The number of aromatic nitrogens is 2. The van der Waals surface area contributed by atoms with Crippen LogP contribution < -0.4 is 0 Å². The molecule has 108 valence electrons. The number of hydrogen-bond donors (Lipinski definition) is 2. The van der Waals surface area contributed by atoms with Crippen molar-refractivity contribution < 1.29 is 9.84 Å². The molecule has 1 aliphatic heterocycles. The maximum Gasteiger partial charge on any atom is 0.121 e. The summed E-state index contributed by atoms with van der Waals surface area (Å²) in [7, 11) is 0. The van der Waals surface area contributed by atoms with Gasteiger partial charge in [0.25, 0.3) is 0 Å². The van der Waals surface area contributed by atoms with Gasteiger partial charge < -0.3 is 14.8 Å². The number of aromatic amines is 1. The minimum absolute atomic E-state index is 0.0693. The van der Waals surface area contributed by atoms with E-state index in [1.165, 1.54) is 11.1 Å². The van der Waals surface area contributed by atoms with Crippen molar-refractivity contribution in [2.75, 3.05) is 26.4 Å². The lowest BCUT2D eigenvalue weighted by atomic mass is 10.1. The van der Waals surface area contributed by atoms with Crippen LogP contribution in [0.5, 0.6) is 0 Å². The Morgan fingerprint density at radius 1 is 1.45 bits per heavy atom. The minimum atomic E-state index is 0.0693. The Morgan fingerprint density at radius 2 is 2.30 bits per heavy atom. The molecule has 0 saturated carbocycles. The first-order valence-corrected chi connectivity index (χ1v) is 7.06. The Bertz CT molecular complexity index is 608. The molecular formula is C15H21N3O2. The van der Waals surface area contributed by atoms with Crippen molar-refractivity contribution >= 4 is 11.0 Å². The maximum atomic E-state index is 9.41. The van der Waals surface area contributed by atoms with Crippen molar-refractivity contribution in [2.24, 2.45) is 0 Å². The fourth-order valence-corrected chi connectivity index (χ4v) is 2.70. The van der Waals surface area contributed by atoms with E-state index in [-0.39, 0.29) is 12.6 Å². The first kappa shape index (κ1) is 13.5. The predicted molar refractivity (Wildman–Crippen MR) is 77.7 cm³/mol. The molecule has 0 aliphatic carbocycles. The Balaban J connectivity index is 1.85. The van der Waals surface area contributed by atoms with Crippen LogP contribution in [0.15, 0.2) is 12.1 Å². The summed E-state index contributed by atoms with van der Waals surface area (Å²) in [6.07, 6.45) is 0. The van der Waals surface area contributed by atoms with Crippen molar-refractivity contribution in [1.29, 1.82) is 0 Å². The lowest BCUT2D eigenvalue weighted by molar-refractivity contribution is -0.0321. The van der Waals surface area contributed by atoms with Gasteiger partial charge in [-0.15, -0.1) is 0 Å². The van der Waals surface area contributed by atoms with Crippen LogP contribution in [0, 0.1) is 13.8 Å². The highest BCUT2D eigenvalue weighted by atomic mass is 16.5. The van der Waals surface area contributed by atoms with Crippen LogP contribution in [0.25, 0.3) is 11.0 Å². The standard InChI is InChI=1S/C15H21N3O2/c1-10-3-4-13-15(11(10)2)17-14(16-13)7-18-5-6-20-9-12(18)8-19/h3-4,12,19H,5-9H2,1-2H3,(H,16,17)/t12-/m1/s1. The Morgan fingerprint density at radius 3 is 3.10 bits per heavy atom. The summed E-state index contributed by atoms with van der Waals surface area (Å²) in [6, 6.07) is 4.27. The number of ether oxygens (including phenoxy) is 1. The largest absolute Gasteiger partial charge is 0.395 e. The summed E-state index contributed by atoms with van der Waals surface area (Å²) in [5, 5.41) is 9.41. The molecule has 20 heavy (non-hydrogen) atoms. The molecule has 0 amide bonds. The van der Waals surface area contributed by atoms with Crippen LogP contribution in [-0.2, 0) is 11.3 Å². The van der Waals surface area contributed by atoms with Crippen molar-refractivity contribution in [3.8, 4) is 0 Å². The van der Waals surface area contributed by atoms with E-state index in [2.05, 4.69) is 35.9 Å². The zero-order valence-electron chi connectivity index (χ0n) is 12.0. The quantitative estimate of drug-likeness (QED) is 0.888. The molecule has 5 nitrogen and oxygen atoms in total. The van der Waals surface area contributed by atoms with Gasteiger partial charge >= 0.3 is 0 Å². The number of aliphatic hydroxyl groups excluding tert-OH is 1. The number of nitrogens with zero attached hydrogens (tertiary/aromatic N) is 2. The van der Waals surface area contributed by atoms with Gasteiger partial charge in [0.2, 0.25) is 0 Å². The third-order valence-corrected chi connectivity index (χ3v) is 4.14. The van der Waals surface area contributed by atoms with E-state index in [1.807, 2.05) is 0 Å². The van der Waals surface area contributed by atoms with Crippen LogP contribution in [0.4, 0.5) is 0 Å². The van der Waals surface area contributed by atoms with Crippen LogP contribution in [0.3, 0.4) is 0 Å². The molecule has 1 atom stereocenters.